The van der Waals surface area contributed by atoms with Crippen LogP contribution in [0.25, 0.3) is 5.57 Å². The lowest BCUT2D eigenvalue weighted by Crippen LogP contribution is -2.62. The molecule has 0 radical (unpaired) electrons. The number of hydrogen-bond acceptors (Lipinski definition) is 7. The maximum atomic E-state index is 12.6. The summed E-state index contributed by atoms with van der Waals surface area (Å²) in [5, 5.41) is 0. The number of carbonyl (C=O) groups excluding carboxylic acids is 1. The standard InChI is InChI=1S/C30H54N3O4S/c1-6-8-10-12-13-14-15-16-17-19-24-36-29(34)37-30(3,4)33(5)22-20-21-26(25-33)27-28(32-38-31-27)35-23-18-11-9-7-2/h21H,6-20,22-25H2,1-5H3/q+1. The normalized spacial score (nSPS) is 17.8. The second-order valence-corrected chi connectivity index (χ2v) is 12.0. The Labute approximate surface area is 236 Å². The summed E-state index contributed by atoms with van der Waals surface area (Å²) in [6, 6.07) is 0. The molecule has 0 saturated carbocycles. The zero-order chi connectivity index (χ0) is 27.7. The number of carbonyl (C=O) groups is 1. The minimum Gasteiger partial charge on any atom is -0.475 e. The summed E-state index contributed by atoms with van der Waals surface area (Å²) in [7, 11) is 2.13. The van der Waals surface area contributed by atoms with Crippen molar-refractivity contribution in [2.75, 3.05) is 33.4 Å². The Morgan fingerprint density at radius 2 is 1.47 bits per heavy atom. The highest BCUT2D eigenvalue weighted by atomic mass is 32.1. The van der Waals surface area contributed by atoms with E-state index in [9.17, 15) is 4.79 Å². The van der Waals surface area contributed by atoms with E-state index in [1.807, 2.05) is 13.8 Å². The zero-order valence-corrected chi connectivity index (χ0v) is 25.7. The molecule has 0 spiro atoms. The van der Waals surface area contributed by atoms with Crippen molar-refractivity contribution in [3.05, 3.63) is 11.8 Å². The van der Waals surface area contributed by atoms with E-state index >= 15 is 0 Å². The van der Waals surface area contributed by atoms with Gasteiger partial charge in [0, 0.05) is 25.8 Å². The number of likely N-dealkylation sites (N-methyl/N-ethyl adjacent to an activating group) is 1. The highest BCUT2D eigenvalue weighted by Crippen LogP contribution is 2.35. The Balaban J connectivity index is 1.74. The van der Waals surface area contributed by atoms with Crippen molar-refractivity contribution in [3.8, 4) is 5.88 Å². The Morgan fingerprint density at radius 1 is 0.895 bits per heavy atom. The first kappa shape index (κ1) is 32.5. The number of ether oxygens (including phenoxy) is 3. The van der Waals surface area contributed by atoms with E-state index in [1.54, 1.807) is 0 Å². The topological polar surface area (TPSA) is 70.5 Å². The molecule has 7 nitrogen and oxygen atoms in total. The van der Waals surface area contributed by atoms with Crippen molar-refractivity contribution in [1.82, 2.24) is 8.75 Å². The van der Waals surface area contributed by atoms with Crippen LogP contribution < -0.4 is 4.74 Å². The minimum absolute atomic E-state index is 0.420. The number of rotatable bonds is 20. The Hall–Kier alpha value is -1.67. The number of aromatic nitrogens is 2. The van der Waals surface area contributed by atoms with Gasteiger partial charge in [-0.1, -0.05) is 97.0 Å². The van der Waals surface area contributed by atoms with E-state index in [-0.39, 0.29) is 0 Å². The first-order valence-corrected chi connectivity index (χ1v) is 15.9. The van der Waals surface area contributed by atoms with Crippen molar-refractivity contribution < 1.29 is 23.5 Å². The Bertz CT molecular complexity index is 826. The van der Waals surface area contributed by atoms with Gasteiger partial charge in [-0.05, 0) is 12.8 Å². The largest absolute Gasteiger partial charge is 0.512 e. The fraction of sp³-hybridized carbons (Fsp3) is 0.833. The van der Waals surface area contributed by atoms with Crippen LogP contribution in [-0.2, 0) is 9.47 Å². The molecule has 0 aromatic carbocycles. The lowest BCUT2D eigenvalue weighted by molar-refractivity contribution is -0.971. The molecule has 0 amide bonds. The Morgan fingerprint density at radius 3 is 2.13 bits per heavy atom. The molecule has 2 heterocycles. The van der Waals surface area contributed by atoms with Crippen LogP contribution >= 0.6 is 11.7 Å². The molecule has 1 aliphatic rings. The number of unbranched alkanes of at least 4 members (excludes halogenated alkanes) is 12. The third kappa shape index (κ3) is 11.2. The molecule has 1 atom stereocenters. The highest BCUT2D eigenvalue weighted by molar-refractivity contribution is 6.99. The van der Waals surface area contributed by atoms with E-state index in [0.29, 0.717) is 30.1 Å². The second-order valence-electron chi connectivity index (χ2n) is 11.5. The molecule has 38 heavy (non-hydrogen) atoms. The molecule has 0 N–H and O–H groups in total. The lowest BCUT2D eigenvalue weighted by Gasteiger charge is -2.47. The maximum Gasteiger partial charge on any atom is 0.512 e. The van der Waals surface area contributed by atoms with Crippen molar-refractivity contribution in [3.63, 3.8) is 0 Å². The van der Waals surface area contributed by atoms with Gasteiger partial charge in [-0.3, -0.25) is 4.48 Å². The average molecular weight is 553 g/mol. The molecule has 1 unspecified atom stereocenters. The van der Waals surface area contributed by atoms with E-state index < -0.39 is 11.9 Å². The number of quaternary nitrogens is 1. The lowest BCUT2D eigenvalue weighted by atomic mass is 10.0. The summed E-state index contributed by atoms with van der Waals surface area (Å²) in [5.41, 5.74) is 1.19. The van der Waals surface area contributed by atoms with Crippen LogP contribution in [0.5, 0.6) is 5.88 Å². The van der Waals surface area contributed by atoms with Gasteiger partial charge in [0.25, 0.3) is 5.88 Å². The molecule has 1 aromatic rings. The summed E-state index contributed by atoms with van der Waals surface area (Å²) in [5.74, 6) is 0.626. The van der Waals surface area contributed by atoms with Crippen LogP contribution in [-0.4, -0.2) is 58.5 Å². The van der Waals surface area contributed by atoms with Crippen LogP contribution in [0.15, 0.2) is 6.08 Å². The molecule has 2 rings (SSSR count). The first-order valence-electron chi connectivity index (χ1n) is 15.2. The summed E-state index contributed by atoms with van der Waals surface area (Å²) >= 11 is 1.19. The molecular weight excluding hydrogens is 498 g/mol. The molecule has 1 aromatic heterocycles. The van der Waals surface area contributed by atoms with Gasteiger partial charge in [-0.2, -0.15) is 4.37 Å². The van der Waals surface area contributed by atoms with Crippen LogP contribution in [0.3, 0.4) is 0 Å². The number of hydrogen-bond donors (Lipinski definition) is 0. The van der Waals surface area contributed by atoms with Gasteiger partial charge in [0.1, 0.15) is 12.2 Å². The molecule has 0 bridgehead atoms. The summed E-state index contributed by atoms with van der Waals surface area (Å²) < 4.78 is 26.8. The van der Waals surface area contributed by atoms with E-state index in [4.69, 9.17) is 14.2 Å². The van der Waals surface area contributed by atoms with Crippen molar-refractivity contribution in [2.45, 2.75) is 130 Å². The molecule has 0 aliphatic carbocycles. The van der Waals surface area contributed by atoms with Crippen LogP contribution in [0, 0.1) is 0 Å². The van der Waals surface area contributed by atoms with Gasteiger partial charge in [0.05, 0.1) is 38.5 Å². The molecule has 0 saturated heterocycles. The quantitative estimate of drug-likeness (QED) is 0.0917. The van der Waals surface area contributed by atoms with Gasteiger partial charge in [-0.15, -0.1) is 4.37 Å². The van der Waals surface area contributed by atoms with Gasteiger partial charge in [-0.25, -0.2) is 4.79 Å². The van der Waals surface area contributed by atoms with Crippen LogP contribution in [0.2, 0.25) is 0 Å². The average Bonchev–Trinajstić information content (AvgIpc) is 3.35. The van der Waals surface area contributed by atoms with Crippen LogP contribution in [0.4, 0.5) is 4.79 Å². The molecular formula is C30H54N3O4S+. The maximum absolute atomic E-state index is 12.6. The monoisotopic (exact) mass is 552 g/mol. The predicted octanol–water partition coefficient (Wildman–Crippen LogP) is 8.54. The number of nitrogens with zero attached hydrogens (tertiary/aromatic N) is 3. The summed E-state index contributed by atoms with van der Waals surface area (Å²) in [6.45, 7) is 11.1. The zero-order valence-electron chi connectivity index (χ0n) is 24.9. The molecule has 0 fully saturated rings. The van der Waals surface area contributed by atoms with E-state index in [1.165, 1.54) is 82.4 Å². The van der Waals surface area contributed by atoms with Crippen molar-refractivity contribution >= 4 is 23.5 Å². The third-order valence-electron chi connectivity index (χ3n) is 7.88. The molecule has 8 heteroatoms. The summed E-state index contributed by atoms with van der Waals surface area (Å²) in [6.07, 6.45) is 19.7. The fourth-order valence-electron chi connectivity index (χ4n) is 4.93. The van der Waals surface area contributed by atoms with Gasteiger partial charge < -0.3 is 14.2 Å². The van der Waals surface area contributed by atoms with Gasteiger partial charge in [0.2, 0.25) is 5.72 Å². The highest BCUT2D eigenvalue weighted by Gasteiger charge is 2.46. The first-order chi connectivity index (χ1) is 18.3. The smallest absolute Gasteiger partial charge is 0.475 e. The van der Waals surface area contributed by atoms with E-state index in [0.717, 1.165) is 43.5 Å². The predicted molar refractivity (Wildman–Crippen MR) is 156 cm³/mol. The minimum atomic E-state index is -0.737. The van der Waals surface area contributed by atoms with Gasteiger partial charge >= 0.3 is 6.16 Å². The third-order valence-corrected chi connectivity index (χ3v) is 8.39. The van der Waals surface area contributed by atoms with Gasteiger partial charge in [0.15, 0.2) is 0 Å². The van der Waals surface area contributed by atoms with Crippen molar-refractivity contribution in [1.29, 1.82) is 0 Å². The molecule has 1 aliphatic heterocycles. The SMILES string of the molecule is CCCCCCCCCCCCOC(=O)OC(C)(C)[N+]1(C)CCC=C(c2nsnc2OCCCCCC)C1. The fourth-order valence-corrected chi connectivity index (χ4v) is 5.46. The molecule has 218 valence electrons. The Kier molecular flexibility index (Phi) is 15.3. The second kappa shape index (κ2) is 17.8. The summed E-state index contributed by atoms with van der Waals surface area (Å²) in [4.78, 5) is 12.6. The van der Waals surface area contributed by atoms with Crippen molar-refractivity contribution in [2.24, 2.45) is 0 Å². The van der Waals surface area contributed by atoms with E-state index in [2.05, 4.69) is 35.7 Å². The van der Waals surface area contributed by atoms with Crippen LogP contribution in [0.1, 0.15) is 130 Å².